The molecule has 1 saturated heterocycles. The SMILES string of the molecule is COc1cccc(-c2nc(Cl)nc(Nc3ccc(C)c(S(=O)(=O)N4CCOCC4)c3)n2)c1. The van der Waals surface area contributed by atoms with E-state index in [9.17, 15) is 8.42 Å². The molecule has 9 nitrogen and oxygen atoms in total. The molecule has 4 rings (SSSR count). The summed E-state index contributed by atoms with van der Waals surface area (Å²) in [5.41, 5.74) is 1.87. The summed E-state index contributed by atoms with van der Waals surface area (Å²) in [6.07, 6.45) is 0. The van der Waals surface area contributed by atoms with Gasteiger partial charge in [-0.15, -0.1) is 0 Å². The van der Waals surface area contributed by atoms with Crippen molar-refractivity contribution in [3.05, 3.63) is 53.3 Å². The standard InChI is InChI=1S/C21H22ClN5O4S/c1-14-6-7-16(13-18(14)32(28,29)27-8-10-31-11-9-27)23-21-25-19(24-20(22)26-21)15-4-3-5-17(12-15)30-2/h3-7,12-13H,8-11H2,1-2H3,(H,23,24,25,26). The molecule has 0 aliphatic carbocycles. The van der Waals surface area contributed by atoms with E-state index in [1.165, 1.54) is 4.31 Å². The lowest BCUT2D eigenvalue weighted by atomic mass is 10.2. The highest BCUT2D eigenvalue weighted by Crippen LogP contribution is 2.27. The quantitative estimate of drug-likeness (QED) is 0.579. The molecule has 32 heavy (non-hydrogen) atoms. The third-order valence-electron chi connectivity index (χ3n) is 4.97. The number of anilines is 2. The van der Waals surface area contributed by atoms with Crippen LogP contribution in [0.3, 0.4) is 0 Å². The Labute approximate surface area is 191 Å². The first-order valence-corrected chi connectivity index (χ1v) is 11.7. The zero-order valence-corrected chi connectivity index (χ0v) is 19.2. The van der Waals surface area contributed by atoms with Crippen molar-refractivity contribution in [3.8, 4) is 17.1 Å². The smallest absolute Gasteiger partial charge is 0.243 e. The number of aromatic nitrogens is 3. The van der Waals surface area contributed by atoms with E-state index in [2.05, 4.69) is 20.3 Å². The summed E-state index contributed by atoms with van der Waals surface area (Å²) in [7, 11) is -2.08. The predicted molar refractivity (Wildman–Crippen MR) is 121 cm³/mol. The molecular formula is C21H22ClN5O4S. The summed E-state index contributed by atoms with van der Waals surface area (Å²) in [6, 6.07) is 12.3. The Balaban J connectivity index is 1.65. The van der Waals surface area contributed by atoms with E-state index in [4.69, 9.17) is 21.1 Å². The summed E-state index contributed by atoms with van der Waals surface area (Å²) in [6.45, 7) is 3.18. The van der Waals surface area contributed by atoms with Crippen molar-refractivity contribution in [2.24, 2.45) is 0 Å². The molecule has 1 aliphatic heterocycles. The van der Waals surface area contributed by atoms with Crippen LogP contribution >= 0.6 is 11.6 Å². The average molecular weight is 476 g/mol. The molecule has 168 valence electrons. The first kappa shape index (κ1) is 22.4. The van der Waals surface area contributed by atoms with Crippen LogP contribution in [0.15, 0.2) is 47.4 Å². The van der Waals surface area contributed by atoms with Gasteiger partial charge in [0.2, 0.25) is 21.3 Å². The van der Waals surface area contributed by atoms with Gasteiger partial charge in [0.05, 0.1) is 25.2 Å². The molecule has 0 amide bonds. The first-order valence-electron chi connectivity index (χ1n) is 9.88. The second-order valence-electron chi connectivity index (χ2n) is 7.11. The van der Waals surface area contributed by atoms with Crippen LogP contribution in [0.4, 0.5) is 11.6 Å². The van der Waals surface area contributed by atoms with Crippen LogP contribution in [0.5, 0.6) is 5.75 Å². The highest BCUT2D eigenvalue weighted by Gasteiger charge is 2.28. The number of hydrogen-bond donors (Lipinski definition) is 1. The number of benzene rings is 2. The van der Waals surface area contributed by atoms with Crippen molar-refractivity contribution in [2.45, 2.75) is 11.8 Å². The van der Waals surface area contributed by atoms with Gasteiger partial charge in [0.25, 0.3) is 0 Å². The van der Waals surface area contributed by atoms with Crippen LogP contribution in [0.25, 0.3) is 11.4 Å². The number of ether oxygens (including phenoxy) is 2. The minimum Gasteiger partial charge on any atom is -0.497 e. The fourth-order valence-electron chi connectivity index (χ4n) is 3.31. The fourth-order valence-corrected chi connectivity index (χ4v) is 5.13. The van der Waals surface area contributed by atoms with Gasteiger partial charge in [-0.1, -0.05) is 18.2 Å². The minimum atomic E-state index is -3.65. The van der Waals surface area contributed by atoms with E-state index in [0.717, 1.165) is 0 Å². The molecule has 0 radical (unpaired) electrons. The topological polar surface area (TPSA) is 107 Å². The summed E-state index contributed by atoms with van der Waals surface area (Å²) >= 11 is 6.12. The van der Waals surface area contributed by atoms with Crippen LogP contribution in [-0.4, -0.2) is 61.1 Å². The molecule has 0 unspecified atom stereocenters. The maximum Gasteiger partial charge on any atom is 0.243 e. The van der Waals surface area contributed by atoms with Crippen molar-refractivity contribution in [2.75, 3.05) is 38.7 Å². The molecular weight excluding hydrogens is 454 g/mol. The van der Waals surface area contributed by atoms with E-state index in [1.54, 1.807) is 38.3 Å². The summed E-state index contributed by atoms with van der Waals surface area (Å²) in [5.74, 6) is 1.21. The Morgan fingerprint density at radius 3 is 2.62 bits per heavy atom. The van der Waals surface area contributed by atoms with Crippen LogP contribution in [-0.2, 0) is 14.8 Å². The second kappa shape index (κ2) is 9.37. The molecule has 1 fully saturated rings. The maximum absolute atomic E-state index is 13.1. The maximum atomic E-state index is 13.1. The van der Waals surface area contributed by atoms with Gasteiger partial charge in [-0.05, 0) is 48.4 Å². The lowest BCUT2D eigenvalue weighted by Crippen LogP contribution is -2.40. The van der Waals surface area contributed by atoms with Gasteiger partial charge >= 0.3 is 0 Å². The van der Waals surface area contributed by atoms with Crippen molar-refractivity contribution >= 4 is 33.3 Å². The largest absolute Gasteiger partial charge is 0.497 e. The number of nitrogens with zero attached hydrogens (tertiary/aromatic N) is 4. The Morgan fingerprint density at radius 2 is 1.88 bits per heavy atom. The summed E-state index contributed by atoms with van der Waals surface area (Å²) in [5, 5.41) is 3.05. The highest BCUT2D eigenvalue weighted by atomic mass is 35.5. The molecule has 0 spiro atoms. The van der Waals surface area contributed by atoms with Gasteiger partial charge in [0, 0.05) is 24.3 Å². The van der Waals surface area contributed by atoms with Crippen LogP contribution in [0.2, 0.25) is 5.28 Å². The lowest BCUT2D eigenvalue weighted by molar-refractivity contribution is 0.0730. The zero-order valence-electron chi connectivity index (χ0n) is 17.6. The van der Waals surface area contributed by atoms with Gasteiger partial charge in [-0.2, -0.15) is 19.3 Å². The van der Waals surface area contributed by atoms with Crippen molar-refractivity contribution in [1.82, 2.24) is 19.3 Å². The average Bonchev–Trinajstić information content (AvgIpc) is 2.80. The molecule has 0 bridgehead atoms. The normalized spacial score (nSPS) is 14.8. The predicted octanol–water partition coefficient (Wildman–Crippen LogP) is 3.27. The van der Waals surface area contributed by atoms with Crippen molar-refractivity contribution < 1.29 is 17.9 Å². The van der Waals surface area contributed by atoms with E-state index >= 15 is 0 Å². The third kappa shape index (κ3) is 4.83. The molecule has 0 atom stereocenters. The van der Waals surface area contributed by atoms with Crippen LogP contribution in [0.1, 0.15) is 5.56 Å². The third-order valence-corrected chi connectivity index (χ3v) is 7.18. The van der Waals surface area contributed by atoms with Gasteiger partial charge in [-0.3, -0.25) is 0 Å². The Kier molecular flexibility index (Phi) is 6.56. The van der Waals surface area contributed by atoms with E-state index in [0.29, 0.717) is 54.7 Å². The van der Waals surface area contributed by atoms with Crippen LogP contribution in [0, 0.1) is 6.92 Å². The summed E-state index contributed by atoms with van der Waals surface area (Å²) in [4.78, 5) is 13.0. The van der Waals surface area contributed by atoms with Gasteiger partial charge in [0.15, 0.2) is 5.82 Å². The molecule has 2 aromatic carbocycles. The highest BCUT2D eigenvalue weighted by molar-refractivity contribution is 7.89. The number of halogens is 1. The van der Waals surface area contributed by atoms with Crippen molar-refractivity contribution in [3.63, 3.8) is 0 Å². The Morgan fingerprint density at radius 1 is 1.09 bits per heavy atom. The number of methoxy groups -OCH3 is 1. The number of sulfonamides is 1. The molecule has 1 N–H and O–H groups in total. The molecule has 0 saturated carbocycles. The first-order chi connectivity index (χ1) is 15.4. The lowest BCUT2D eigenvalue weighted by Gasteiger charge is -2.26. The van der Waals surface area contributed by atoms with E-state index in [1.807, 2.05) is 18.2 Å². The number of rotatable bonds is 6. The monoisotopic (exact) mass is 475 g/mol. The molecule has 11 heteroatoms. The molecule has 2 heterocycles. The molecule has 1 aliphatic rings. The zero-order chi connectivity index (χ0) is 22.7. The summed E-state index contributed by atoms with van der Waals surface area (Å²) < 4.78 is 38.2. The second-order valence-corrected chi connectivity index (χ2v) is 9.35. The number of aryl methyl sites for hydroxylation is 1. The molecule has 3 aromatic rings. The number of hydrogen-bond acceptors (Lipinski definition) is 8. The van der Waals surface area contributed by atoms with Gasteiger partial charge in [-0.25, -0.2) is 8.42 Å². The Hall–Kier alpha value is -2.79. The minimum absolute atomic E-state index is 0.00796. The van der Waals surface area contributed by atoms with Crippen molar-refractivity contribution in [1.29, 1.82) is 0 Å². The van der Waals surface area contributed by atoms with E-state index < -0.39 is 10.0 Å². The van der Waals surface area contributed by atoms with Gasteiger partial charge in [0.1, 0.15) is 5.75 Å². The fraction of sp³-hybridized carbons (Fsp3) is 0.286. The van der Waals surface area contributed by atoms with Crippen LogP contribution < -0.4 is 10.1 Å². The molecule has 1 aromatic heterocycles. The number of morpholine rings is 1. The number of nitrogens with one attached hydrogen (secondary N) is 1. The Bertz CT molecular complexity index is 1230. The van der Waals surface area contributed by atoms with E-state index in [-0.39, 0.29) is 16.1 Å². The van der Waals surface area contributed by atoms with Gasteiger partial charge < -0.3 is 14.8 Å².